The number of aryl methyl sites for hydroxylation is 1. The molecule has 2 rings (SSSR count). The van der Waals surface area contributed by atoms with Crippen LogP contribution in [-0.2, 0) is 0 Å². The Bertz CT molecular complexity index is 629. The Labute approximate surface area is 113 Å². The van der Waals surface area contributed by atoms with Crippen LogP contribution in [0.5, 0.6) is 0 Å². The molecule has 0 saturated heterocycles. The zero-order chi connectivity index (χ0) is 14.0. The van der Waals surface area contributed by atoms with Gasteiger partial charge in [0.15, 0.2) is 0 Å². The van der Waals surface area contributed by atoms with Crippen molar-refractivity contribution in [2.45, 2.75) is 6.92 Å². The van der Waals surface area contributed by atoms with Gasteiger partial charge in [-0.3, -0.25) is 10.1 Å². The number of nitrogens with zero attached hydrogens (tertiary/aromatic N) is 2. The third kappa shape index (κ3) is 3.17. The highest BCUT2D eigenvalue weighted by Gasteiger charge is 2.16. The fourth-order valence-corrected chi connectivity index (χ4v) is 1.76. The molecule has 0 fully saturated rings. The summed E-state index contributed by atoms with van der Waals surface area (Å²) in [6.45, 7) is 1.72. The Morgan fingerprint density at radius 1 is 1.37 bits per heavy atom. The van der Waals surface area contributed by atoms with Crippen LogP contribution in [0.2, 0.25) is 5.15 Å². The molecule has 0 saturated carbocycles. The summed E-state index contributed by atoms with van der Waals surface area (Å²) in [5.74, 6) is -0.463. The molecule has 0 amide bonds. The van der Waals surface area contributed by atoms with Crippen molar-refractivity contribution < 1.29 is 9.31 Å². The molecule has 0 aliphatic carbocycles. The van der Waals surface area contributed by atoms with Crippen molar-refractivity contribution in [3.05, 3.63) is 57.0 Å². The van der Waals surface area contributed by atoms with E-state index >= 15 is 0 Å². The molecule has 1 aromatic carbocycles. The van der Waals surface area contributed by atoms with Gasteiger partial charge in [0.25, 0.3) is 0 Å². The molecular formula is C12H9ClFN3O2. The van der Waals surface area contributed by atoms with Gasteiger partial charge in [-0.15, -0.1) is 0 Å². The Morgan fingerprint density at radius 2 is 2.11 bits per heavy atom. The quantitative estimate of drug-likeness (QED) is 0.527. The summed E-state index contributed by atoms with van der Waals surface area (Å²) in [5.41, 5.74) is 0.828. The lowest BCUT2D eigenvalue weighted by molar-refractivity contribution is -0.384. The van der Waals surface area contributed by atoms with Crippen molar-refractivity contribution in [3.63, 3.8) is 0 Å². The SMILES string of the molecule is Cc1cc(F)cc(Nc2nc(Cl)ccc2[N+](=O)[O-])c1. The zero-order valence-corrected chi connectivity index (χ0v) is 10.6. The van der Waals surface area contributed by atoms with Crippen molar-refractivity contribution in [1.29, 1.82) is 0 Å². The normalized spacial score (nSPS) is 10.3. The second kappa shape index (κ2) is 5.19. The minimum absolute atomic E-state index is 0.0255. The third-order valence-electron chi connectivity index (χ3n) is 2.34. The van der Waals surface area contributed by atoms with Gasteiger partial charge in [-0.1, -0.05) is 11.6 Å². The molecule has 98 valence electrons. The average molecular weight is 282 g/mol. The lowest BCUT2D eigenvalue weighted by atomic mass is 10.2. The van der Waals surface area contributed by atoms with Crippen molar-refractivity contribution in [2.24, 2.45) is 0 Å². The molecule has 0 radical (unpaired) electrons. The van der Waals surface area contributed by atoms with E-state index in [1.54, 1.807) is 13.0 Å². The van der Waals surface area contributed by atoms with Gasteiger partial charge in [0, 0.05) is 11.8 Å². The molecule has 0 unspecified atom stereocenters. The highest BCUT2D eigenvalue weighted by atomic mass is 35.5. The molecule has 0 aliphatic heterocycles. The predicted octanol–water partition coefficient (Wildman–Crippen LogP) is 3.83. The van der Waals surface area contributed by atoms with Crippen LogP contribution < -0.4 is 5.32 Å². The Kier molecular flexibility index (Phi) is 3.62. The van der Waals surface area contributed by atoms with Crippen molar-refractivity contribution in [1.82, 2.24) is 4.98 Å². The van der Waals surface area contributed by atoms with Gasteiger partial charge in [-0.05, 0) is 36.8 Å². The number of anilines is 2. The summed E-state index contributed by atoms with van der Waals surface area (Å²) in [5, 5.41) is 13.7. The number of halogens is 2. The number of benzene rings is 1. The van der Waals surface area contributed by atoms with Gasteiger partial charge < -0.3 is 5.32 Å². The standard InChI is InChI=1S/C12H9ClFN3O2/c1-7-4-8(14)6-9(5-7)15-12-10(17(18)19)2-3-11(13)16-12/h2-6H,1H3,(H,15,16). The first-order chi connectivity index (χ1) is 8.95. The van der Waals surface area contributed by atoms with E-state index in [1.165, 1.54) is 24.3 Å². The molecule has 1 aromatic heterocycles. The maximum Gasteiger partial charge on any atom is 0.311 e. The molecule has 0 aliphatic rings. The smallest absolute Gasteiger partial charge is 0.311 e. The van der Waals surface area contributed by atoms with E-state index in [4.69, 9.17) is 11.6 Å². The maximum atomic E-state index is 13.2. The molecule has 1 N–H and O–H groups in total. The van der Waals surface area contributed by atoms with Crippen LogP contribution in [0, 0.1) is 22.9 Å². The van der Waals surface area contributed by atoms with Crippen LogP contribution in [0.3, 0.4) is 0 Å². The highest BCUT2D eigenvalue weighted by Crippen LogP contribution is 2.27. The molecule has 7 heteroatoms. The molecule has 0 bridgehead atoms. The molecule has 1 heterocycles. The second-order valence-electron chi connectivity index (χ2n) is 3.90. The third-order valence-corrected chi connectivity index (χ3v) is 2.55. The molecule has 0 atom stereocenters. The highest BCUT2D eigenvalue weighted by molar-refractivity contribution is 6.29. The fraction of sp³-hybridized carbons (Fsp3) is 0.0833. The minimum atomic E-state index is -0.585. The van der Waals surface area contributed by atoms with Crippen LogP contribution in [0.15, 0.2) is 30.3 Å². The number of pyridine rings is 1. The molecular weight excluding hydrogens is 273 g/mol. The summed E-state index contributed by atoms with van der Waals surface area (Å²) in [4.78, 5) is 14.1. The van der Waals surface area contributed by atoms with Gasteiger partial charge in [-0.25, -0.2) is 9.37 Å². The number of nitro groups is 1. The maximum absolute atomic E-state index is 13.2. The first kappa shape index (κ1) is 13.2. The van der Waals surface area contributed by atoms with Crippen molar-refractivity contribution in [3.8, 4) is 0 Å². The number of hydrogen-bond donors (Lipinski definition) is 1. The Balaban J connectivity index is 2.42. The second-order valence-corrected chi connectivity index (χ2v) is 4.29. The van der Waals surface area contributed by atoms with E-state index in [1.807, 2.05) is 0 Å². The first-order valence-corrected chi connectivity index (χ1v) is 5.68. The number of rotatable bonds is 3. The van der Waals surface area contributed by atoms with E-state index in [9.17, 15) is 14.5 Å². The van der Waals surface area contributed by atoms with Gasteiger partial charge in [-0.2, -0.15) is 0 Å². The zero-order valence-electron chi connectivity index (χ0n) is 9.85. The number of nitrogens with one attached hydrogen (secondary N) is 1. The van der Waals surface area contributed by atoms with E-state index in [-0.39, 0.29) is 16.7 Å². The van der Waals surface area contributed by atoms with Crippen LogP contribution in [-0.4, -0.2) is 9.91 Å². The summed E-state index contributed by atoms with van der Waals surface area (Å²) in [6.07, 6.45) is 0. The number of aromatic nitrogens is 1. The van der Waals surface area contributed by atoms with Crippen LogP contribution in [0.25, 0.3) is 0 Å². The van der Waals surface area contributed by atoms with Gasteiger partial charge >= 0.3 is 5.69 Å². The largest absolute Gasteiger partial charge is 0.334 e. The van der Waals surface area contributed by atoms with Crippen LogP contribution in [0.1, 0.15) is 5.56 Å². The lowest BCUT2D eigenvalue weighted by Gasteiger charge is -2.07. The molecule has 19 heavy (non-hydrogen) atoms. The van der Waals surface area contributed by atoms with Gasteiger partial charge in [0.1, 0.15) is 11.0 Å². The first-order valence-electron chi connectivity index (χ1n) is 5.31. The van der Waals surface area contributed by atoms with Gasteiger partial charge in [0.2, 0.25) is 5.82 Å². The topological polar surface area (TPSA) is 68.1 Å². The molecule has 0 spiro atoms. The molecule has 5 nitrogen and oxygen atoms in total. The van der Waals surface area contributed by atoms with Crippen LogP contribution >= 0.6 is 11.6 Å². The van der Waals surface area contributed by atoms with E-state index < -0.39 is 10.7 Å². The molecule has 2 aromatic rings. The van der Waals surface area contributed by atoms with E-state index in [0.29, 0.717) is 11.3 Å². The van der Waals surface area contributed by atoms with E-state index in [0.717, 1.165) is 0 Å². The summed E-state index contributed by atoms with van der Waals surface area (Å²) < 4.78 is 13.2. The summed E-state index contributed by atoms with van der Waals surface area (Å²) >= 11 is 5.70. The van der Waals surface area contributed by atoms with Gasteiger partial charge in [0.05, 0.1) is 4.92 Å². The Morgan fingerprint density at radius 3 is 2.74 bits per heavy atom. The average Bonchev–Trinajstić information content (AvgIpc) is 2.26. The number of hydrogen-bond acceptors (Lipinski definition) is 4. The summed E-state index contributed by atoms with van der Waals surface area (Å²) in [6, 6.07) is 6.78. The summed E-state index contributed by atoms with van der Waals surface area (Å²) in [7, 11) is 0. The van der Waals surface area contributed by atoms with Crippen molar-refractivity contribution in [2.75, 3.05) is 5.32 Å². The lowest BCUT2D eigenvalue weighted by Crippen LogP contribution is -2.00. The fourth-order valence-electron chi connectivity index (χ4n) is 1.61. The Hall–Kier alpha value is -2.21. The predicted molar refractivity (Wildman–Crippen MR) is 70.3 cm³/mol. The van der Waals surface area contributed by atoms with E-state index in [2.05, 4.69) is 10.3 Å². The monoisotopic (exact) mass is 281 g/mol. The minimum Gasteiger partial charge on any atom is -0.334 e. The van der Waals surface area contributed by atoms with Crippen LogP contribution in [0.4, 0.5) is 21.6 Å². The van der Waals surface area contributed by atoms with Crippen molar-refractivity contribution >= 4 is 28.8 Å².